The minimum atomic E-state index is -0.920. The molecular formula is C26H33N5O7. The molecule has 1 saturated heterocycles. The molecular weight excluding hydrogens is 494 g/mol. The lowest BCUT2D eigenvalue weighted by Gasteiger charge is -2.28. The lowest BCUT2D eigenvalue weighted by atomic mass is 10.1. The van der Waals surface area contributed by atoms with Crippen molar-refractivity contribution in [3.8, 4) is 0 Å². The number of hydrogen-bond donors (Lipinski definition) is 4. The molecule has 4 N–H and O–H groups in total. The highest BCUT2D eigenvalue weighted by Gasteiger charge is 2.37. The summed E-state index contributed by atoms with van der Waals surface area (Å²) in [4.78, 5) is 75.2. The smallest absolute Gasteiger partial charge is 0.336 e. The molecule has 0 saturated carbocycles. The third-order valence-corrected chi connectivity index (χ3v) is 6.35. The second-order valence-electron chi connectivity index (χ2n) is 9.52. The number of aryl methyl sites for hydroxylation is 1. The number of fused-ring (bicyclic) bond motifs is 1. The zero-order chi connectivity index (χ0) is 28.1. The van der Waals surface area contributed by atoms with Crippen LogP contribution in [0.5, 0.6) is 0 Å². The quantitative estimate of drug-likeness (QED) is 0.364. The topological polar surface area (TPSA) is 167 Å². The normalized spacial score (nSPS) is 17.3. The highest BCUT2D eigenvalue weighted by Crippen LogP contribution is 2.21. The van der Waals surface area contributed by atoms with Gasteiger partial charge < -0.3 is 30.6 Å². The number of carbonyl (C=O) groups is 5. The van der Waals surface area contributed by atoms with Crippen LogP contribution < -0.4 is 26.9 Å². The van der Waals surface area contributed by atoms with Gasteiger partial charge in [0.25, 0.3) is 0 Å². The van der Waals surface area contributed by atoms with Crippen LogP contribution in [0.3, 0.4) is 0 Å². The van der Waals surface area contributed by atoms with Crippen molar-refractivity contribution < 1.29 is 28.4 Å². The van der Waals surface area contributed by atoms with E-state index in [4.69, 9.17) is 4.42 Å². The predicted molar refractivity (Wildman–Crippen MR) is 139 cm³/mol. The number of anilines is 1. The van der Waals surface area contributed by atoms with Gasteiger partial charge >= 0.3 is 5.63 Å². The van der Waals surface area contributed by atoms with Gasteiger partial charge in [0.1, 0.15) is 29.8 Å². The van der Waals surface area contributed by atoms with E-state index in [0.717, 1.165) is 10.9 Å². The molecule has 38 heavy (non-hydrogen) atoms. The van der Waals surface area contributed by atoms with Gasteiger partial charge in [-0.25, -0.2) is 4.79 Å². The summed E-state index contributed by atoms with van der Waals surface area (Å²) >= 11 is 0. The minimum Gasteiger partial charge on any atom is -0.423 e. The van der Waals surface area contributed by atoms with Crippen LogP contribution >= 0.6 is 0 Å². The van der Waals surface area contributed by atoms with Gasteiger partial charge in [0, 0.05) is 36.7 Å². The summed E-state index contributed by atoms with van der Waals surface area (Å²) in [5.74, 6) is -2.30. The van der Waals surface area contributed by atoms with Crippen molar-refractivity contribution in [3.63, 3.8) is 0 Å². The highest BCUT2D eigenvalue weighted by atomic mass is 16.4. The maximum atomic E-state index is 13.0. The van der Waals surface area contributed by atoms with Crippen molar-refractivity contribution in [2.45, 2.75) is 71.6 Å². The molecule has 2 aromatic rings. The Balaban J connectivity index is 1.59. The van der Waals surface area contributed by atoms with Crippen LogP contribution in [0.15, 0.2) is 33.5 Å². The maximum absolute atomic E-state index is 13.0. The van der Waals surface area contributed by atoms with E-state index in [2.05, 4.69) is 21.3 Å². The Morgan fingerprint density at radius 1 is 0.947 bits per heavy atom. The van der Waals surface area contributed by atoms with E-state index in [1.165, 1.54) is 44.7 Å². The number of nitrogens with zero attached hydrogens (tertiary/aromatic N) is 1. The van der Waals surface area contributed by atoms with E-state index in [9.17, 15) is 28.8 Å². The summed E-state index contributed by atoms with van der Waals surface area (Å²) < 4.78 is 5.21. The van der Waals surface area contributed by atoms with Crippen molar-refractivity contribution in [2.75, 3.05) is 11.9 Å². The van der Waals surface area contributed by atoms with Gasteiger partial charge in [-0.2, -0.15) is 0 Å². The fourth-order valence-electron chi connectivity index (χ4n) is 4.35. The van der Waals surface area contributed by atoms with Crippen molar-refractivity contribution in [1.82, 2.24) is 20.9 Å². The third-order valence-electron chi connectivity index (χ3n) is 6.35. The third kappa shape index (κ3) is 6.75. The minimum absolute atomic E-state index is 0.331. The largest absolute Gasteiger partial charge is 0.423 e. The van der Waals surface area contributed by atoms with E-state index in [1.54, 1.807) is 19.1 Å². The molecule has 1 aromatic carbocycles. The van der Waals surface area contributed by atoms with Crippen LogP contribution in [-0.4, -0.2) is 65.1 Å². The van der Waals surface area contributed by atoms with E-state index >= 15 is 0 Å². The molecule has 1 aliphatic rings. The van der Waals surface area contributed by atoms with Crippen LogP contribution in [-0.2, 0) is 24.0 Å². The first-order valence-electron chi connectivity index (χ1n) is 12.4. The summed E-state index contributed by atoms with van der Waals surface area (Å²) in [7, 11) is 0. The Hall–Kier alpha value is -4.22. The highest BCUT2D eigenvalue weighted by molar-refractivity contribution is 6.00. The Kier molecular flexibility index (Phi) is 8.87. The predicted octanol–water partition coefficient (Wildman–Crippen LogP) is 0.565. The molecule has 4 atom stereocenters. The Labute approximate surface area is 219 Å². The SMILES string of the molecule is CC(=O)N[C@H](C)C(=O)N[C@H](C)C(=O)N1CCC[C@@H]1C(=O)N[C@@H](C)C(=O)Nc1ccc2c(C)cc(=O)oc2c1. The van der Waals surface area contributed by atoms with Crippen LogP contribution in [0.2, 0.25) is 0 Å². The molecule has 0 radical (unpaired) electrons. The average Bonchev–Trinajstić information content (AvgIpc) is 3.32. The second kappa shape index (κ2) is 11.9. The van der Waals surface area contributed by atoms with Gasteiger partial charge in [-0.05, 0) is 58.2 Å². The van der Waals surface area contributed by atoms with Crippen molar-refractivity contribution in [3.05, 3.63) is 40.2 Å². The average molecular weight is 528 g/mol. The Bertz CT molecular complexity index is 1320. The molecule has 12 nitrogen and oxygen atoms in total. The molecule has 204 valence electrons. The summed E-state index contributed by atoms with van der Waals surface area (Å²) in [6, 6.07) is 2.88. The number of carbonyl (C=O) groups excluding carboxylic acids is 5. The van der Waals surface area contributed by atoms with E-state index in [-0.39, 0.29) is 5.91 Å². The number of amides is 5. The van der Waals surface area contributed by atoms with E-state index < -0.39 is 53.4 Å². The number of benzene rings is 1. The lowest BCUT2D eigenvalue weighted by molar-refractivity contribution is -0.141. The molecule has 0 spiro atoms. The maximum Gasteiger partial charge on any atom is 0.336 e. The molecule has 1 aliphatic heterocycles. The van der Waals surface area contributed by atoms with Gasteiger partial charge in [0.05, 0.1) is 0 Å². The molecule has 1 fully saturated rings. The number of hydrogen-bond acceptors (Lipinski definition) is 7. The molecule has 0 bridgehead atoms. The zero-order valence-corrected chi connectivity index (χ0v) is 22.0. The second-order valence-corrected chi connectivity index (χ2v) is 9.52. The summed E-state index contributed by atoms with van der Waals surface area (Å²) in [5.41, 5.74) is 0.984. The molecule has 0 unspecified atom stereocenters. The van der Waals surface area contributed by atoms with Gasteiger partial charge in [-0.3, -0.25) is 24.0 Å². The first-order valence-corrected chi connectivity index (χ1v) is 12.4. The lowest BCUT2D eigenvalue weighted by Crippen LogP contribution is -2.56. The summed E-state index contributed by atoms with van der Waals surface area (Å²) in [6.07, 6.45) is 1.01. The Morgan fingerprint density at radius 2 is 1.63 bits per heavy atom. The molecule has 5 amide bonds. The van der Waals surface area contributed by atoms with E-state index in [0.29, 0.717) is 30.7 Å². The fraction of sp³-hybridized carbons (Fsp3) is 0.462. The van der Waals surface area contributed by atoms with Gasteiger partial charge in [-0.15, -0.1) is 0 Å². The monoisotopic (exact) mass is 527 g/mol. The molecule has 0 aliphatic carbocycles. The summed E-state index contributed by atoms with van der Waals surface area (Å²) in [5, 5.41) is 11.1. The van der Waals surface area contributed by atoms with E-state index in [1.807, 2.05) is 0 Å². The standard InChI is InChI=1S/C26H33N5O7/c1-13-11-22(33)38-21-12-18(8-9-19(13)21)30-24(35)15(3)28-25(36)20-7-6-10-31(20)26(37)16(4)29-23(34)14(2)27-17(5)32/h8-9,11-12,14-16,20H,6-7,10H2,1-5H3,(H,27,32)(H,28,36)(H,29,34)(H,30,35)/t14-,15+,16-,20-/m1/s1. The number of likely N-dealkylation sites (tertiary alicyclic amines) is 1. The van der Waals surface area contributed by atoms with Crippen LogP contribution in [0.25, 0.3) is 11.0 Å². The zero-order valence-electron chi connectivity index (χ0n) is 22.0. The molecule has 12 heteroatoms. The summed E-state index contributed by atoms with van der Waals surface area (Å²) in [6.45, 7) is 7.94. The van der Waals surface area contributed by atoms with Gasteiger partial charge in [-0.1, -0.05) is 0 Å². The van der Waals surface area contributed by atoms with Crippen LogP contribution in [0.4, 0.5) is 5.69 Å². The fourth-order valence-corrected chi connectivity index (χ4v) is 4.35. The molecule has 1 aromatic heterocycles. The first-order chi connectivity index (χ1) is 17.9. The van der Waals surface area contributed by atoms with Gasteiger partial charge in [0.2, 0.25) is 29.5 Å². The van der Waals surface area contributed by atoms with Crippen molar-refractivity contribution in [1.29, 1.82) is 0 Å². The number of rotatable bonds is 8. The molecule has 3 rings (SSSR count). The van der Waals surface area contributed by atoms with Crippen LogP contribution in [0, 0.1) is 6.92 Å². The molecule has 2 heterocycles. The first kappa shape index (κ1) is 28.4. The van der Waals surface area contributed by atoms with Crippen molar-refractivity contribution >= 4 is 46.2 Å². The van der Waals surface area contributed by atoms with Crippen molar-refractivity contribution in [2.24, 2.45) is 0 Å². The van der Waals surface area contributed by atoms with Gasteiger partial charge in [0.15, 0.2) is 0 Å². The number of nitrogens with one attached hydrogen (secondary N) is 4. The van der Waals surface area contributed by atoms with Crippen LogP contribution in [0.1, 0.15) is 46.1 Å². The Morgan fingerprint density at radius 3 is 2.32 bits per heavy atom.